The Labute approximate surface area is 129 Å². The molecule has 1 fully saturated rings. The number of amides is 1. The normalized spacial score (nSPS) is 20.1. The lowest BCUT2D eigenvalue weighted by Crippen LogP contribution is -2.58. The first kappa shape index (κ1) is 14.5. The van der Waals surface area contributed by atoms with Crippen LogP contribution in [0.1, 0.15) is 24.8 Å². The highest BCUT2D eigenvalue weighted by atomic mass is 79.9. The van der Waals surface area contributed by atoms with Crippen LogP contribution in [0.4, 0.5) is 13.6 Å². The van der Waals surface area contributed by atoms with Crippen LogP contribution in [0.25, 0.3) is 5.57 Å². The molecule has 2 aliphatic rings. The van der Waals surface area contributed by atoms with Gasteiger partial charge in [-0.2, -0.15) is 0 Å². The maximum absolute atomic E-state index is 14.1. The Balaban J connectivity index is 1.79. The van der Waals surface area contributed by atoms with Crippen molar-refractivity contribution in [1.29, 1.82) is 0 Å². The molecule has 1 aromatic rings. The summed E-state index contributed by atoms with van der Waals surface area (Å²) in [5.41, 5.74) is 1.08. The van der Waals surface area contributed by atoms with Gasteiger partial charge in [0.15, 0.2) is 0 Å². The van der Waals surface area contributed by atoms with E-state index in [2.05, 4.69) is 15.9 Å². The number of halogens is 3. The van der Waals surface area contributed by atoms with Gasteiger partial charge in [0.2, 0.25) is 0 Å². The van der Waals surface area contributed by atoms with Gasteiger partial charge in [-0.05, 0) is 52.9 Å². The first-order chi connectivity index (χ1) is 9.90. The van der Waals surface area contributed by atoms with Gasteiger partial charge in [0.05, 0.1) is 4.47 Å². The van der Waals surface area contributed by atoms with Gasteiger partial charge in [-0.1, -0.05) is 6.08 Å². The molecule has 1 aliphatic carbocycles. The molecule has 6 heteroatoms. The number of benzene rings is 1. The van der Waals surface area contributed by atoms with Gasteiger partial charge in [0.25, 0.3) is 0 Å². The summed E-state index contributed by atoms with van der Waals surface area (Å²) >= 11 is 3.02. The first-order valence-electron chi connectivity index (χ1n) is 6.72. The number of rotatable bonds is 1. The molecule has 3 rings (SSSR count). The third-order valence-corrected chi connectivity index (χ3v) is 4.95. The van der Waals surface area contributed by atoms with Crippen molar-refractivity contribution in [2.24, 2.45) is 5.41 Å². The zero-order valence-electron chi connectivity index (χ0n) is 11.2. The molecule has 0 saturated carbocycles. The Hall–Kier alpha value is -1.43. The van der Waals surface area contributed by atoms with E-state index in [0.717, 1.165) is 18.1 Å². The summed E-state index contributed by atoms with van der Waals surface area (Å²) < 4.78 is 27.6. The number of nitrogens with zero attached hydrogens (tertiary/aromatic N) is 1. The molecule has 0 aromatic heterocycles. The maximum Gasteiger partial charge on any atom is 0.407 e. The molecule has 0 bridgehead atoms. The zero-order valence-corrected chi connectivity index (χ0v) is 12.8. The molecule has 1 aliphatic heterocycles. The Kier molecular flexibility index (Phi) is 3.51. The second-order valence-corrected chi connectivity index (χ2v) is 6.68. The second-order valence-electron chi connectivity index (χ2n) is 5.82. The third-order valence-electron chi connectivity index (χ3n) is 4.37. The Morgan fingerprint density at radius 1 is 1.33 bits per heavy atom. The van der Waals surface area contributed by atoms with Crippen LogP contribution in [0.5, 0.6) is 0 Å². The third kappa shape index (κ3) is 2.57. The minimum absolute atomic E-state index is 0.0110. The van der Waals surface area contributed by atoms with Crippen molar-refractivity contribution >= 4 is 27.6 Å². The van der Waals surface area contributed by atoms with E-state index in [1.807, 2.05) is 6.08 Å². The lowest BCUT2D eigenvalue weighted by molar-refractivity contribution is 0.00502. The van der Waals surface area contributed by atoms with Crippen molar-refractivity contribution in [2.75, 3.05) is 13.1 Å². The summed E-state index contributed by atoms with van der Waals surface area (Å²) in [4.78, 5) is 12.2. The van der Waals surface area contributed by atoms with Crippen molar-refractivity contribution in [2.45, 2.75) is 19.3 Å². The molecule has 0 atom stereocenters. The van der Waals surface area contributed by atoms with E-state index in [0.29, 0.717) is 31.5 Å². The number of carbonyl (C=O) groups is 1. The van der Waals surface area contributed by atoms with Gasteiger partial charge in [0.1, 0.15) is 11.6 Å². The number of carboxylic acid groups (broad SMARTS) is 1. The average Bonchev–Trinajstić information content (AvgIpc) is 2.40. The van der Waals surface area contributed by atoms with Crippen molar-refractivity contribution in [3.05, 3.63) is 39.9 Å². The van der Waals surface area contributed by atoms with Gasteiger partial charge in [-0.25, -0.2) is 13.6 Å². The predicted octanol–water partition coefficient (Wildman–Crippen LogP) is 4.27. The summed E-state index contributed by atoms with van der Waals surface area (Å²) in [5.74, 6) is -0.917. The SMILES string of the molecule is O=C(O)N1CC2(CC=C(c3cc(F)cc(Br)c3F)CC2)C1. The van der Waals surface area contributed by atoms with Gasteiger partial charge >= 0.3 is 6.09 Å². The molecule has 1 amide bonds. The van der Waals surface area contributed by atoms with Gasteiger partial charge in [-0.3, -0.25) is 0 Å². The van der Waals surface area contributed by atoms with Crippen LogP contribution < -0.4 is 0 Å². The lowest BCUT2D eigenvalue weighted by atomic mass is 9.69. The van der Waals surface area contributed by atoms with E-state index in [-0.39, 0.29) is 9.89 Å². The highest BCUT2D eigenvalue weighted by Crippen LogP contribution is 2.45. The molecule has 3 nitrogen and oxygen atoms in total. The number of hydrogen-bond donors (Lipinski definition) is 1. The molecule has 1 N–H and O–H groups in total. The van der Waals surface area contributed by atoms with Crippen LogP contribution in [0.2, 0.25) is 0 Å². The summed E-state index contributed by atoms with van der Waals surface area (Å²) in [6.45, 7) is 1.06. The van der Waals surface area contributed by atoms with Crippen LogP contribution in [0.3, 0.4) is 0 Å². The van der Waals surface area contributed by atoms with Crippen LogP contribution in [-0.4, -0.2) is 29.2 Å². The summed E-state index contributed by atoms with van der Waals surface area (Å²) in [5, 5.41) is 8.89. The molecule has 0 radical (unpaired) electrons. The van der Waals surface area contributed by atoms with Gasteiger partial charge in [-0.15, -0.1) is 0 Å². The van der Waals surface area contributed by atoms with Crippen molar-refractivity contribution in [1.82, 2.24) is 4.90 Å². The van der Waals surface area contributed by atoms with E-state index in [1.165, 1.54) is 11.0 Å². The minimum Gasteiger partial charge on any atom is -0.465 e. The molecule has 1 heterocycles. The quantitative estimate of drug-likeness (QED) is 0.762. The molecule has 1 saturated heterocycles. The monoisotopic (exact) mass is 357 g/mol. The standard InChI is InChI=1S/C15H14BrF2NO2/c16-12-6-10(17)5-11(13(12)18)9-1-3-15(4-2-9)7-19(8-15)14(20)21/h1,5-6H,2-4,7-8H2,(H,20,21). The smallest absolute Gasteiger partial charge is 0.407 e. The van der Waals surface area contributed by atoms with E-state index < -0.39 is 17.7 Å². The van der Waals surface area contributed by atoms with Crippen molar-refractivity contribution < 1.29 is 18.7 Å². The Morgan fingerprint density at radius 2 is 2.05 bits per heavy atom. The fraction of sp³-hybridized carbons (Fsp3) is 0.400. The topological polar surface area (TPSA) is 40.5 Å². The molecule has 0 unspecified atom stereocenters. The van der Waals surface area contributed by atoms with Crippen molar-refractivity contribution in [3.63, 3.8) is 0 Å². The highest BCUT2D eigenvalue weighted by molar-refractivity contribution is 9.10. The Bertz CT molecular complexity index is 639. The number of allylic oxidation sites excluding steroid dienone is 2. The van der Waals surface area contributed by atoms with Crippen LogP contribution in [-0.2, 0) is 0 Å². The van der Waals surface area contributed by atoms with Crippen molar-refractivity contribution in [3.8, 4) is 0 Å². The lowest BCUT2D eigenvalue weighted by Gasteiger charge is -2.50. The van der Waals surface area contributed by atoms with E-state index in [1.54, 1.807) is 0 Å². The highest BCUT2D eigenvalue weighted by Gasteiger charge is 2.45. The zero-order chi connectivity index (χ0) is 15.2. The summed E-state index contributed by atoms with van der Waals surface area (Å²) in [7, 11) is 0. The maximum atomic E-state index is 14.1. The first-order valence-corrected chi connectivity index (χ1v) is 7.51. The fourth-order valence-corrected chi connectivity index (χ4v) is 3.60. The minimum atomic E-state index is -0.893. The van der Waals surface area contributed by atoms with E-state index >= 15 is 0 Å². The number of hydrogen-bond acceptors (Lipinski definition) is 1. The summed E-state index contributed by atoms with van der Waals surface area (Å²) in [6.07, 6.45) is 3.18. The summed E-state index contributed by atoms with van der Waals surface area (Å²) in [6, 6.07) is 2.33. The second kappa shape index (κ2) is 5.09. The molecular weight excluding hydrogens is 344 g/mol. The number of likely N-dealkylation sites (tertiary alicyclic amines) is 1. The fourth-order valence-electron chi connectivity index (χ4n) is 3.16. The van der Waals surface area contributed by atoms with Gasteiger partial charge in [0, 0.05) is 24.1 Å². The predicted molar refractivity (Wildman–Crippen MR) is 77.9 cm³/mol. The Morgan fingerprint density at radius 3 is 2.62 bits per heavy atom. The van der Waals surface area contributed by atoms with Crippen LogP contribution >= 0.6 is 15.9 Å². The average molecular weight is 358 g/mol. The molecule has 112 valence electrons. The van der Waals surface area contributed by atoms with E-state index in [4.69, 9.17) is 5.11 Å². The molecule has 21 heavy (non-hydrogen) atoms. The molecule has 1 spiro atoms. The van der Waals surface area contributed by atoms with Crippen LogP contribution in [0, 0.1) is 17.0 Å². The van der Waals surface area contributed by atoms with E-state index in [9.17, 15) is 13.6 Å². The molecule has 1 aromatic carbocycles. The molecular formula is C15H14BrF2NO2. The largest absolute Gasteiger partial charge is 0.465 e. The van der Waals surface area contributed by atoms with Crippen LogP contribution in [0.15, 0.2) is 22.7 Å². The van der Waals surface area contributed by atoms with Gasteiger partial charge < -0.3 is 10.0 Å².